The molecule has 3 fully saturated rings. The van der Waals surface area contributed by atoms with Crippen molar-refractivity contribution in [3.8, 4) is 0 Å². The number of amides is 2. The Labute approximate surface area is 125 Å². The van der Waals surface area contributed by atoms with Crippen molar-refractivity contribution in [1.29, 1.82) is 0 Å². The Hall–Kier alpha value is -0.470. The number of rotatable bonds is 2. The molecular weight excluding hydrogens is 386 g/mol. The molecule has 0 aromatic heterocycles. The summed E-state index contributed by atoms with van der Waals surface area (Å²) in [5.41, 5.74) is 0. The van der Waals surface area contributed by atoms with E-state index in [4.69, 9.17) is 9.84 Å². The quantitative estimate of drug-likeness (QED) is 0.538. The Morgan fingerprint density at radius 2 is 1.63 bits per heavy atom. The average molecular weight is 397 g/mol. The van der Waals surface area contributed by atoms with Crippen molar-refractivity contribution < 1.29 is 24.2 Å². The highest BCUT2D eigenvalue weighted by atomic mass is 79.9. The van der Waals surface area contributed by atoms with Crippen molar-refractivity contribution in [3.63, 3.8) is 0 Å². The Morgan fingerprint density at radius 3 is 2.00 bits per heavy atom. The van der Waals surface area contributed by atoms with E-state index in [0.29, 0.717) is 0 Å². The first-order valence-corrected chi connectivity index (χ1v) is 7.72. The van der Waals surface area contributed by atoms with Crippen molar-refractivity contribution >= 4 is 49.6 Å². The van der Waals surface area contributed by atoms with Gasteiger partial charge in [0.05, 0.1) is 33.7 Å². The number of imide groups is 1. The Balaban J connectivity index is 1.95. The normalized spacial score (nSPS) is 45.7. The summed E-state index contributed by atoms with van der Waals surface area (Å²) in [7, 11) is 0. The lowest BCUT2D eigenvalue weighted by Crippen LogP contribution is -2.45. The molecule has 3 saturated heterocycles. The summed E-state index contributed by atoms with van der Waals surface area (Å²) in [5.74, 6) is -3.15. The SMILES string of the molecule is CC(C(=O)O)N1C(=O)C2C3OC(C(Br)C3Br)C2C1=O. The third-order valence-electron chi connectivity index (χ3n) is 4.13. The van der Waals surface area contributed by atoms with E-state index >= 15 is 0 Å². The number of fused-ring (bicyclic) bond motifs is 5. The van der Waals surface area contributed by atoms with Gasteiger partial charge in [-0.2, -0.15) is 0 Å². The summed E-state index contributed by atoms with van der Waals surface area (Å²) >= 11 is 6.92. The van der Waals surface area contributed by atoms with Crippen LogP contribution in [0.25, 0.3) is 0 Å². The van der Waals surface area contributed by atoms with Crippen molar-refractivity contribution in [2.24, 2.45) is 11.8 Å². The molecule has 3 aliphatic heterocycles. The smallest absolute Gasteiger partial charge is 0.326 e. The summed E-state index contributed by atoms with van der Waals surface area (Å²) in [6.45, 7) is 1.35. The maximum Gasteiger partial charge on any atom is 0.326 e. The molecule has 8 heteroatoms. The first kappa shape index (κ1) is 13.5. The lowest BCUT2D eigenvalue weighted by molar-refractivity contribution is -0.155. The van der Waals surface area contributed by atoms with Crippen LogP contribution in [0.3, 0.4) is 0 Å². The van der Waals surface area contributed by atoms with Crippen LogP contribution in [0.2, 0.25) is 0 Å². The predicted octanol–water partition coefficient (Wildman–Crippen LogP) is 0.369. The summed E-state index contributed by atoms with van der Waals surface area (Å²) in [4.78, 5) is 36.4. The third kappa shape index (κ3) is 1.59. The predicted molar refractivity (Wildman–Crippen MR) is 70.0 cm³/mol. The Bertz CT molecular complexity index is 452. The zero-order valence-corrected chi connectivity index (χ0v) is 13.0. The molecule has 3 aliphatic rings. The average Bonchev–Trinajstić information content (AvgIpc) is 2.94. The number of carbonyl (C=O) groups excluding carboxylic acids is 2. The van der Waals surface area contributed by atoms with E-state index in [1.54, 1.807) is 0 Å². The number of carbonyl (C=O) groups is 3. The fourth-order valence-corrected chi connectivity index (χ4v) is 4.69. The fourth-order valence-electron chi connectivity index (χ4n) is 3.18. The number of hydrogen-bond acceptors (Lipinski definition) is 4. The number of halogens is 2. The number of carboxylic acid groups (broad SMARTS) is 1. The number of ether oxygens (including phenoxy) is 1. The number of alkyl halides is 2. The molecule has 0 aromatic carbocycles. The second kappa shape index (κ2) is 4.26. The van der Waals surface area contributed by atoms with Gasteiger partial charge in [0.25, 0.3) is 0 Å². The highest BCUT2D eigenvalue weighted by molar-refractivity contribution is 9.12. The van der Waals surface area contributed by atoms with Gasteiger partial charge in [-0.05, 0) is 6.92 Å². The van der Waals surface area contributed by atoms with Crippen molar-refractivity contribution in [2.45, 2.75) is 34.8 Å². The summed E-state index contributed by atoms with van der Waals surface area (Å²) in [5, 5.41) is 9.00. The van der Waals surface area contributed by atoms with Gasteiger partial charge >= 0.3 is 5.97 Å². The highest BCUT2D eigenvalue weighted by Crippen LogP contribution is 2.53. The molecular formula is C11H11Br2NO5. The maximum atomic E-state index is 12.3. The first-order chi connectivity index (χ1) is 8.86. The van der Waals surface area contributed by atoms with Gasteiger partial charge in [0.15, 0.2) is 0 Å². The van der Waals surface area contributed by atoms with E-state index < -0.39 is 35.7 Å². The maximum absolute atomic E-state index is 12.3. The minimum atomic E-state index is -1.18. The van der Waals surface area contributed by atoms with Crippen molar-refractivity contribution in [2.75, 3.05) is 0 Å². The lowest BCUT2D eigenvalue weighted by Gasteiger charge is -2.24. The van der Waals surface area contributed by atoms with Crippen LogP contribution in [0.1, 0.15) is 6.92 Å². The van der Waals surface area contributed by atoms with Crippen LogP contribution in [0.15, 0.2) is 0 Å². The van der Waals surface area contributed by atoms with E-state index in [0.717, 1.165) is 4.90 Å². The fraction of sp³-hybridized carbons (Fsp3) is 0.727. The van der Waals surface area contributed by atoms with Gasteiger partial charge in [0.1, 0.15) is 6.04 Å². The largest absolute Gasteiger partial charge is 0.480 e. The minimum Gasteiger partial charge on any atom is -0.480 e. The van der Waals surface area contributed by atoms with Crippen LogP contribution in [-0.4, -0.2) is 55.7 Å². The van der Waals surface area contributed by atoms with E-state index in [-0.39, 0.29) is 21.9 Å². The molecule has 0 saturated carbocycles. The van der Waals surface area contributed by atoms with Crippen LogP contribution < -0.4 is 0 Å². The molecule has 3 rings (SSSR count). The second-order valence-electron chi connectivity index (χ2n) is 5.07. The Kier molecular flexibility index (Phi) is 3.03. The molecule has 1 N–H and O–H groups in total. The topological polar surface area (TPSA) is 83.9 Å². The molecule has 19 heavy (non-hydrogen) atoms. The summed E-state index contributed by atoms with van der Waals surface area (Å²) in [6, 6.07) is -1.13. The van der Waals surface area contributed by atoms with E-state index in [2.05, 4.69) is 31.9 Å². The zero-order valence-electron chi connectivity index (χ0n) is 9.82. The molecule has 7 unspecified atom stereocenters. The van der Waals surface area contributed by atoms with E-state index in [1.807, 2.05) is 0 Å². The molecule has 0 aromatic rings. The number of aliphatic carboxylic acids is 1. The second-order valence-corrected chi connectivity index (χ2v) is 7.18. The van der Waals surface area contributed by atoms with Gasteiger partial charge in [-0.3, -0.25) is 14.5 Å². The summed E-state index contributed by atoms with van der Waals surface area (Å²) < 4.78 is 5.68. The molecule has 2 bridgehead atoms. The van der Waals surface area contributed by atoms with Crippen molar-refractivity contribution in [1.82, 2.24) is 4.90 Å². The number of hydrogen-bond donors (Lipinski definition) is 1. The van der Waals surface area contributed by atoms with Gasteiger partial charge in [0, 0.05) is 0 Å². The van der Waals surface area contributed by atoms with Gasteiger partial charge in [-0.25, -0.2) is 4.79 Å². The van der Waals surface area contributed by atoms with Crippen LogP contribution in [0, 0.1) is 11.8 Å². The van der Waals surface area contributed by atoms with Gasteiger partial charge in [0.2, 0.25) is 11.8 Å². The van der Waals surface area contributed by atoms with Crippen LogP contribution in [0.4, 0.5) is 0 Å². The molecule has 0 spiro atoms. The molecule has 104 valence electrons. The van der Waals surface area contributed by atoms with Gasteiger partial charge in [-0.1, -0.05) is 31.9 Å². The standard InChI is InChI=1S/C11H11Br2NO5/c1-2(11(17)18)14-9(15)3-4(10(14)16)8-6(13)5(12)7(3)19-8/h2-8H,1H3,(H,17,18). The minimum absolute atomic E-state index is 0.0458. The third-order valence-corrected chi connectivity index (χ3v) is 7.02. The van der Waals surface area contributed by atoms with Crippen LogP contribution >= 0.6 is 31.9 Å². The molecule has 0 aliphatic carbocycles. The molecule has 0 radical (unpaired) electrons. The molecule has 6 nitrogen and oxygen atoms in total. The van der Waals surface area contributed by atoms with E-state index in [1.165, 1.54) is 6.92 Å². The number of nitrogens with zero attached hydrogens (tertiary/aromatic N) is 1. The van der Waals surface area contributed by atoms with E-state index in [9.17, 15) is 14.4 Å². The number of likely N-dealkylation sites (tertiary alicyclic amines) is 1. The van der Waals surface area contributed by atoms with Gasteiger partial charge in [-0.15, -0.1) is 0 Å². The molecule has 3 heterocycles. The monoisotopic (exact) mass is 395 g/mol. The Morgan fingerprint density at radius 1 is 1.21 bits per heavy atom. The molecule has 2 amide bonds. The molecule has 7 atom stereocenters. The first-order valence-electron chi connectivity index (χ1n) is 5.89. The van der Waals surface area contributed by atoms with Crippen LogP contribution in [0.5, 0.6) is 0 Å². The van der Waals surface area contributed by atoms with Gasteiger partial charge < -0.3 is 9.84 Å². The van der Waals surface area contributed by atoms with Crippen LogP contribution in [-0.2, 0) is 19.1 Å². The zero-order chi connectivity index (χ0) is 14.1. The number of carboxylic acids is 1. The summed E-state index contributed by atoms with van der Waals surface area (Å²) in [6.07, 6.45) is -0.747. The lowest BCUT2D eigenvalue weighted by atomic mass is 9.81. The highest BCUT2D eigenvalue weighted by Gasteiger charge is 2.68. The van der Waals surface area contributed by atoms with Crippen molar-refractivity contribution in [3.05, 3.63) is 0 Å².